The van der Waals surface area contributed by atoms with Gasteiger partial charge in [0.15, 0.2) is 23.3 Å². The van der Waals surface area contributed by atoms with E-state index in [-0.39, 0.29) is 24.2 Å². The van der Waals surface area contributed by atoms with Crippen LogP contribution < -0.4 is 0 Å². The minimum absolute atomic E-state index is 0.0255. The summed E-state index contributed by atoms with van der Waals surface area (Å²) in [6.45, 7) is 1.70. The molecule has 0 heterocycles. The number of hydrogen-bond acceptors (Lipinski definition) is 0. The maximum Gasteiger partial charge on any atom is 0.197 e. The molecule has 5 aromatic rings. The molecule has 0 spiro atoms. The summed E-state index contributed by atoms with van der Waals surface area (Å²) in [5, 5.41) is 0. The van der Waals surface area contributed by atoms with Gasteiger partial charge in [0, 0.05) is 27.8 Å². The molecule has 2 aliphatic carbocycles. The van der Waals surface area contributed by atoms with Crippen LogP contribution in [0.25, 0.3) is 22.3 Å². The zero-order chi connectivity index (χ0) is 33.6. The van der Waals surface area contributed by atoms with E-state index in [1.165, 1.54) is 22.3 Å². The van der Waals surface area contributed by atoms with Crippen LogP contribution in [0.5, 0.6) is 0 Å². The van der Waals surface area contributed by atoms with Crippen molar-refractivity contribution in [3.05, 3.63) is 154 Å². The topological polar surface area (TPSA) is 0 Å². The van der Waals surface area contributed by atoms with Gasteiger partial charge in [-0.2, -0.15) is 0 Å². The van der Waals surface area contributed by atoms with Crippen LogP contribution in [0.2, 0.25) is 0 Å². The first-order chi connectivity index (χ1) is 23.1. The van der Waals surface area contributed by atoms with Crippen molar-refractivity contribution >= 4 is 0 Å². The van der Waals surface area contributed by atoms with Gasteiger partial charge in [-0.25, -0.2) is 17.6 Å². The van der Waals surface area contributed by atoms with Crippen molar-refractivity contribution < 1.29 is 26.5 Å². The van der Waals surface area contributed by atoms with E-state index in [0.717, 1.165) is 65.0 Å². The van der Waals surface area contributed by atoms with Gasteiger partial charge in [0.25, 0.3) is 0 Å². The molecule has 6 heteroatoms. The highest BCUT2D eigenvalue weighted by atomic mass is 19.2. The molecule has 2 nitrogen and oxygen atoms in total. The maximum absolute atomic E-state index is 15.2. The number of hydrogen-bond donors (Lipinski definition) is 0. The Hall–Kier alpha value is -4.26. The molecule has 48 heavy (non-hydrogen) atoms. The summed E-state index contributed by atoms with van der Waals surface area (Å²) < 4.78 is 59.2. The standard InChI is InChI=1S/C42H42F4N2/c1-47(2,41-33-20-10-6-16-29(33)30-17-7-11-21-34(30)41)24-14-4-5-15-25-48(3,27-28-26-37(43)39(45)40(46)38(28)44)42-35-22-12-8-18-31(35)32-19-9-13-23-36(32)42/h6-13,16-23,26,41-42H,4-5,14-15,24-25,27H2,1-3H3/q+2. The molecule has 246 valence electrons. The van der Waals surface area contributed by atoms with E-state index in [9.17, 15) is 13.2 Å². The molecule has 7 rings (SSSR count). The lowest BCUT2D eigenvalue weighted by molar-refractivity contribution is -0.946. The molecule has 0 bridgehead atoms. The van der Waals surface area contributed by atoms with Crippen molar-refractivity contribution in [2.45, 2.75) is 44.3 Å². The molecule has 0 fully saturated rings. The highest BCUT2D eigenvalue weighted by molar-refractivity contribution is 5.79. The van der Waals surface area contributed by atoms with Crippen LogP contribution in [0, 0.1) is 23.3 Å². The predicted octanol–water partition coefficient (Wildman–Crippen LogP) is 10.4. The Bertz CT molecular complexity index is 1890. The van der Waals surface area contributed by atoms with E-state index >= 15 is 4.39 Å². The van der Waals surface area contributed by atoms with Crippen LogP contribution in [0.1, 0.15) is 65.6 Å². The molecule has 0 amide bonds. The molecular weight excluding hydrogens is 608 g/mol. The molecule has 0 saturated carbocycles. The second-order valence-electron chi connectivity index (χ2n) is 14.4. The largest absolute Gasteiger partial charge is 0.318 e. The van der Waals surface area contributed by atoms with Crippen molar-refractivity contribution in [1.29, 1.82) is 0 Å². The third-order valence-electron chi connectivity index (χ3n) is 10.8. The Balaban J connectivity index is 1.09. The zero-order valence-corrected chi connectivity index (χ0v) is 27.8. The van der Waals surface area contributed by atoms with Gasteiger partial charge in [-0.05, 0) is 54.0 Å². The van der Waals surface area contributed by atoms with E-state index in [1.54, 1.807) is 0 Å². The van der Waals surface area contributed by atoms with Crippen LogP contribution in [-0.4, -0.2) is 43.2 Å². The molecule has 0 saturated heterocycles. The second-order valence-corrected chi connectivity index (χ2v) is 14.4. The fourth-order valence-corrected chi connectivity index (χ4v) is 8.58. The van der Waals surface area contributed by atoms with Crippen molar-refractivity contribution in [3.63, 3.8) is 0 Å². The van der Waals surface area contributed by atoms with Crippen molar-refractivity contribution in [2.24, 2.45) is 0 Å². The van der Waals surface area contributed by atoms with Gasteiger partial charge in [-0.3, -0.25) is 0 Å². The third kappa shape index (κ3) is 5.55. The first-order valence-electron chi connectivity index (χ1n) is 17.0. The fourth-order valence-electron chi connectivity index (χ4n) is 8.58. The van der Waals surface area contributed by atoms with E-state index < -0.39 is 23.3 Å². The molecule has 0 N–H and O–H groups in total. The SMILES string of the molecule is C[N+](C)(CCCCCC[N+](C)(Cc1cc(F)c(F)c(F)c1F)C1c2ccccc2-c2ccccc21)C1c2ccccc2-c2ccccc21. The van der Waals surface area contributed by atoms with Crippen LogP contribution in [0.15, 0.2) is 103 Å². The number of fused-ring (bicyclic) bond motifs is 6. The lowest BCUT2D eigenvalue weighted by Gasteiger charge is -2.41. The lowest BCUT2D eigenvalue weighted by Crippen LogP contribution is -2.47. The third-order valence-corrected chi connectivity index (χ3v) is 10.8. The summed E-state index contributed by atoms with van der Waals surface area (Å²) in [6.07, 6.45) is 3.91. The number of nitrogens with zero attached hydrogens (tertiary/aromatic N) is 2. The highest BCUT2D eigenvalue weighted by Gasteiger charge is 2.43. The summed E-state index contributed by atoms with van der Waals surface area (Å²) in [6, 6.07) is 34.8. The molecular formula is C42H42F4N2+2. The Morgan fingerprint density at radius 1 is 0.479 bits per heavy atom. The summed E-state index contributed by atoms with van der Waals surface area (Å²) in [5.74, 6) is -6.20. The maximum atomic E-state index is 15.2. The lowest BCUT2D eigenvalue weighted by atomic mass is 9.98. The minimum Gasteiger partial charge on any atom is -0.318 e. The Labute approximate surface area is 281 Å². The first-order valence-corrected chi connectivity index (χ1v) is 17.0. The predicted molar refractivity (Wildman–Crippen MR) is 184 cm³/mol. The fraction of sp³-hybridized carbons (Fsp3) is 0.286. The summed E-state index contributed by atoms with van der Waals surface area (Å²) in [7, 11) is 6.68. The van der Waals surface area contributed by atoms with Gasteiger partial charge in [-0.1, -0.05) is 97.1 Å². The van der Waals surface area contributed by atoms with Gasteiger partial charge in [0.2, 0.25) is 0 Å². The van der Waals surface area contributed by atoms with E-state index in [4.69, 9.17) is 0 Å². The Kier molecular flexibility index (Phi) is 8.51. The Morgan fingerprint density at radius 3 is 1.38 bits per heavy atom. The van der Waals surface area contributed by atoms with Crippen molar-refractivity contribution in [3.8, 4) is 22.3 Å². The van der Waals surface area contributed by atoms with Gasteiger partial charge < -0.3 is 8.97 Å². The van der Waals surface area contributed by atoms with Crippen LogP contribution >= 0.6 is 0 Å². The summed E-state index contributed by atoms with van der Waals surface area (Å²) in [4.78, 5) is 0. The first kappa shape index (κ1) is 32.3. The molecule has 1 atom stereocenters. The molecule has 0 aromatic heterocycles. The molecule has 5 aromatic carbocycles. The second kappa shape index (κ2) is 12.6. The molecule has 0 aliphatic heterocycles. The van der Waals surface area contributed by atoms with Crippen molar-refractivity contribution in [2.75, 3.05) is 34.2 Å². The van der Waals surface area contributed by atoms with Crippen molar-refractivity contribution in [1.82, 2.24) is 0 Å². The highest BCUT2D eigenvalue weighted by Crippen LogP contribution is 2.50. The number of rotatable bonds is 11. The van der Waals surface area contributed by atoms with Gasteiger partial charge in [0.05, 0.1) is 34.2 Å². The minimum atomic E-state index is -1.77. The van der Waals surface area contributed by atoms with E-state index in [0.29, 0.717) is 11.0 Å². The number of quaternary nitrogens is 2. The van der Waals surface area contributed by atoms with E-state index in [1.807, 2.05) is 31.3 Å². The quantitative estimate of drug-likeness (QED) is 0.0439. The van der Waals surface area contributed by atoms with Gasteiger partial charge >= 0.3 is 0 Å². The van der Waals surface area contributed by atoms with Crippen LogP contribution in [0.4, 0.5) is 17.6 Å². The van der Waals surface area contributed by atoms with Crippen LogP contribution in [0.3, 0.4) is 0 Å². The number of benzene rings is 5. The number of halogens is 4. The molecule has 1 unspecified atom stereocenters. The van der Waals surface area contributed by atoms with Gasteiger partial charge in [0.1, 0.15) is 18.6 Å². The van der Waals surface area contributed by atoms with Crippen LogP contribution in [-0.2, 0) is 6.54 Å². The molecule has 0 radical (unpaired) electrons. The Morgan fingerprint density at radius 2 is 0.896 bits per heavy atom. The normalized spacial score (nSPS) is 15.1. The smallest absolute Gasteiger partial charge is 0.197 e. The zero-order valence-electron chi connectivity index (χ0n) is 27.8. The van der Waals surface area contributed by atoms with E-state index in [2.05, 4.69) is 86.9 Å². The monoisotopic (exact) mass is 650 g/mol. The average Bonchev–Trinajstić information content (AvgIpc) is 3.62. The summed E-state index contributed by atoms with van der Waals surface area (Å²) >= 11 is 0. The average molecular weight is 651 g/mol. The van der Waals surface area contributed by atoms with Gasteiger partial charge in [-0.15, -0.1) is 0 Å². The number of unbranched alkanes of at least 4 members (excludes halogenated alkanes) is 3. The summed E-state index contributed by atoms with van der Waals surface area (Å²) in [5.41, 5.74) is 9.74. The molecule has 2 aliphatic rings.